The number of carbonyl (C=O) groups is 2. The predicted octanol–water partition coefficient (Wildman–Crippen LogP) is 2.51. The highest BCUT2D eigenvalue weighted by atomic mass is 16.5. The van der Waals surface area contributed by atoms with Gasteiger partial charge >= 0.3 is 5.97 Å². The molecule has 4 nitrogen and oxygen atoms in total. The van der Waals surface area contributed by atoms with Gasteiger partial charge in [-0.2, -0.15) is 0 Å². The number of benzene rings is 1. The van der Waals surface area contributed by atoms with Gasteiger partial charge in [0.15, 0.2) is 0 Å². The summed E-state index contributed by atoms with van der Waals surface area (Å²) in [5.41, 5.74) is 1.79. The highest BCUT2D eigenvalue weighted by molar-refractivity contribution is 6.09. The highest BCUT2D eigenvalue weighted by Crippen LogP contribution is 2.24. The van der Waals surface area contributed by atoms with Gasteiger partial charge in [-0.1, -0.05) is 44.2 Å². The van der Waals surface area contributed by atoms with Crippen molar-refractivity contribution < 1.29 is 14.3 Å². The van der Waals surface area contributed by atoms with E-state index in [-0.39, 0.29) is 12.3 Å². The molecule has 1 amide bonds. The quantitative estimate of drug-likeness (QED) is 0.850. The molecular weight excluding hydrogens is 242 g/mol. The number of ether oxygens (including phenoxy) is 1. The number of rotatable bonds is 3. The van der Waals surface area contributed by atoms with Crippen molar-refractivity contribution in [2.24, 2.45) is 0 Å². The second-order valence-corrected chi connectivity index (χ2v) is 3.67. The zero-order chi connectivity index (χ0) is 14.3. The van der Waals surface area contributed by atoms with E-state index in [4.69, 9.17) is 4.74 Å². The van der Waals surface area contributed by atoms with Crippen molar-refractivity contribution in [3.05, 3.63) is 41.5 Å². The molecule has 0 aromatic heterocycles. The first-order chi connectivity index (χ1) is 9.22. The van der Waals surface area contributed by atoms with Gasteiger partial charge in [0.1, 0.15) is 0 Å². The van der Waals surface area contributed by atoms with E-state index in [9.17, 15) is 9.59 Å². The molecular formula is C15H19NO3. The van der Waals surface area contributed by atoms with Crippen molar-refractivity contribution in [3.8, 4) is 0 Å². The molecule has 2 rings (SSSR count). The molecule has 1 N–H and O–H groups in total. The fraction of sp³-hybridized carbons (Fsp3) is 0.333. The summed E-state index contributed by atoms with van der Waals surface area (Å²) in [5, 5.41) is 2.70. The number of amides is 1. The third-order valence-electron chi connectivity index (χ3n) is 2.49. The molecule has 19 heavy (non-hydrogen) atoms. The molecule has 0 fully saturated rings. The van der Waals surface area contributed by atoms with Crippen molar-refractivity contribution in [1.29, 1.82) is 0 Å². The zero-order valence-corrected chi connectivity index (χ0v) is 11.5. The molecule has 1 aliphatic rings. The first-order valence-corrected chi connectivity index (χ1v) is 6.48. The van der Waals surface area contributed by atoms with Crippen LogP contribution in [0, 0.1) is 0 Å². The standard InChI is InChI=1S/C13H13NO3.C2H6/c1-2-17-13(16)10-8-11(15)14-12(10)9-6-4-3-5-7-9;1-2/h3-7H,2,8H2,1H3,(H,14,15);1-2H3. The summed E-state index contributed by atoms with van der Waals surface area (Å²) < 4.78 is 4.94. The van der Waals surface area contributed by atoms with E-state index < -0.39 is 5.97 Å². The van der Waals surface area contributed by atoms with Gasteiger partial charge in [0.2, 0.25) is 5.91 Å². The van der Waals surface area contributed by atoms with E-state index in [2.05, 4.69) is 5.32 Å². The van der Waals surface area contributed by atoms with Crippen LogP contribution in [0.1, 0.15) is 32.8 Å². The second kappa shape index (κ2) is 7.36. The van der Waals surface area contributed by atoms with Gasteiger partial charge in [-0.15, -0.1) is 0 Å². The molecule has 1 heterocycles. The molecule has 1 aromatic carbocycles. The van der Waals surface area contributed by atoms with Crippen LogP contribution in [-0.4, -0.2) is 18.5 Å². The Morgan fingerprint density at radius 1 is 1.26 bits per heavy atom. The molecule has 0 saturated carbocycles. The summed E-state index contributed by atoms with van der Waals surface area (Å²) in [7, 11) is 0. The lowest BCUT2D eigenvalue weighted by Crippen LogP contribution is -2.13. The van der Waals surface area contributed by atoms with E-state index in [0.717, 1.165) is 5.56 Å². The van der Waals surface area contributed by atoms with Gasteiger partial charge in [0.05, 0.1) is 24.3 Å². The van der Waals surface area contributed by atoms with Crippen molar-refractivity contribution >= 4 is 17.6 Å². The Labute approximate surface area is 113 Å². The third kappa shape index (κ3) is 3.68. The SMILES string of the molecule is CC.CCOC(=O)C1=C(c2ccccc2)NC(=O)C1. The molecule has 4 heteroatoms. The smallest absolute Gasteiger partial charge is 0.336 e. The van der Waals surface area contributed by atoms with Gasteiger partial charge in [-0.25, -0.2) is 4.79 Å². The number of carbonyl (C=O) groups excluding carboxylic acids is 2. The van der Waals surface area contributed by atoms with Crippen LogP contribution in [0.4, 0.5) is 0 Å². The maximum Gasteiger partial charge on any atom is 0.336 e. The number of esters is 1. The van der Waals surface area contributed by atoms with Crippen molar-refractivity contribution in [3.63, 3.8) is 0 Å². The Hall–Kier alpha value is -2.10. The normalized spacial score (nSPS) is 13.5. The summed E-state index contributed by atoms with van der Waals surface area (Å²) in [6.07, 6.45) is 0.0864. The number of hydrogen-bond acceptors (Lipinski definition) is 3. The molecule has 0 unspecified atom stereocenters. The zero-order valence-electron chi connectivity index (χ0n) is 11.5. The maximum atomic E-state index is 11.7. The predicted molar refractivity (Wildman–Crippen MR) is 74.1 cm³/mol. The Balaban J connectivity index is 0.000000861. The molecule has 0 radical (unpaired) electrons. The molecule has 0 bridgehead atoms. The van der Waals surface area contributed by atoms with Crippen LogP contribution < -0.4 is 5.32 Å². The van der Waals surface area contributed by atoms with Gasteiger partial charge < -0.3 is 10.1 Å². The Morgan fingerprint density at radius 2 is 1.89 bits per heavy atom. The Kier molecular flexibility index (Phi) is 5.79. The summed E-state index contributed by atoms with van der Waals surface area (Å²) in [6, 6.07) is 9.29. The first kappa shape index (κ1) is 15.0. The number of hydrogen-bond donors (Lipinski definition) is 1. The third-order valence-corrected chi connectivity index (χ3v) is 2.49. The Morgan fingerprint density at radius 3 is 2.47 bits per heavy atom. The first-order valence-electron chi connectivity index (χ1n) is 6.48. The minimum Gasteiger partial charge on any atom is -0.463 e. The average molecular weight is 261 g/mol. The molecule has 0 saturated heterocycles. The van der Waals surface area contributed by atoms with Crippen molar-refractivity contribution in [2.45, 2.75) is 27.2 Å². The lowest BCUT2D eigenvalue weighted by molar-refractivity contribution is -0.139. The van der Waals surface area contributed by atoms with Crippen LogP contribution in [0.2, 0.25) is 0 Å². The molecule has 1 aliphatic heterocycles. The van der Waals surface area contributed by atoms with Crippen LogP contribution in [-0.2, 0) is 14.3 Å². The summed E-state index contributed by atoms with van der Waals surface area (Å²) in [4.78, 5) is 23.1. The van der Waals surface area contributed by atoms with Gasteiger partial charge in [-0.05, 0) is 12.5 Å². The fourth-order valence-electron chi connectivity index (χ4n) is 1.75. The number of nitrogens with one attached hydrogen (secondary N) is 1. The van der Waals surface area contributed by atoms with Crippen LogP contribution in [0.25, 0.3) is 5.70 Å². The maximum absolute atomic E-state index is 11.7. The largest absolute Gasteiger partial charge is 0.463 e. The minimum absolute atomic E-state index is 0.0864. The van der Waals surface area contributed by atoms with E-state index >= 15 is 0 Å². The lowest BCUT2D eigenvalue weighted by atomic mass is 10.1. The summed E-state index contributed by atoms with van der Waals surface area (Å²) >= 11 is 0. The molecule has 0 atom stereocenters. The molecule has 0 aliphatic carbocycles. The van der Waals surface area contributed by atoms with Crippen molar-refractivity contribution in [1.82, 2.24) is 5.32 Å². The van der Waals surface area contributed by atoms with Crippen LogP contribution in [0.5, 0.6) is 0 Å². The summed E-state index contributed by atoms with van der Waals surface area (Å²) in [5.74, 6) is -0.600. The van der Waals surface area contributed by atoms with E-state index in [0.29, 0.717) is 17.9 Å². The molecule has 0 spiro atoms. The Bertz CT molecular complexity index is 477. The average Bonchev–Trinajstić information content (AvgIpc) is 2.84. The van der Waals surface area contributed by atoms with E-state index in [1.165, 1.54) is 0 Å². The fourth-order valence-corrected chi connectivity index (χ4v) is 1.75. The molecule has 102 valence electrons. The van der Waals surface area contributed by atoms with Crippen LogP contribution >= 0.6 is 0 Å². The monoisotopic (exact) mass is 261 g/mol. The van der Waals surface area contributed by atoms with Crippen molar-refractivity contribution in [2.75, 3.05) is 6.61 Å². The molecule has 1 aromatic rings. The highest BCUT2D eigenvalue weighted by Gasteiger charge is 2.27. The minimum atomic E-state index is -0.426. The topological polar surface area (TPSA) is 55.4 Å². The lowest BCUT2D eigenvalue weighted by Gasteiger charge is -2.06. The van der Waals surface area contributed by atoms with Crippen LogP contribution in [0.15, 0.2) is 35.9 Å². The second-order valence-electron chi connectivity index (χ2n) is 3.67. The van der Waals surface area contributed by atoms with Gasteiger partial charge in [-0.3, -0.25) is 4.79 Å². The van der Waals surface area contributed by atoms with E-state index in [1.807, 2.05) is 44.2 Å². The summed E-state index contributed by atoms with van der Waals surface area (Å²) in [6.45, 7) is 6.05. The van der Waals surface area contributed by atoms with Gasteiger partial charge in [0, 0.05) is 0 Å². The van der Waals surface area contributed by atoms with Crippen LogP contribution in [0.3, 0.4) is 0 Å². The van der Waals surface area contributed by atoms with E-state index in [1.54, 1.807) is 6.92 Å². The van der Waals surface area contributed by atoms with Gasteiger partial charge in [0.25, 0.3) is 0 Å².